The van der Waals surface area contributed by atoms with Crippen molar-refractivity contribution in [2.24, 2.45) is 5.73 Å². The summed E-state index contributed by atoms with van der Waals surface area (Å²) in [7, 11) is 0. The fourth-order valence-corrected chi connectivity index (χ4v) is 1.03. The van der Waals surface area contributed by atoms with Gasteiger partial charge >= 0.3 is 6.03 Å². The second-order valence-corrected chi connectivity index (χ2v) is 3.02. The van der Waals surface area contributed by atoms with Gasteiger partial charge in [0.15, 0.2) is 0 Å². The van der Waals surface area contributed by atoms with Gasteiger partial charge in [-0.05, 0) is 17.7 Å². The van der Waals surface area contributed by atoms with Gasteiger partial charge in [-0.3, -0.25) is 0 Å². The molecular weight excluding hydrogens is 197 g/mol. The number of hydrogen-bond donors (Lipinski definition) is 3. The monoisotopic (exact) mass is 211 g/mol. The third kappa shape index (κ3) is 4.42. The first-order valence-electron chi connectivity index (χ1n) is 4.68. The van der Waals surface area contributed by atoms with E-state index in [1.165, 1.54) is 12.1 Å². The lowest BCUT2D eigenvalue weighted by atomic mass is 10.2. The second-order valence-electron chi connectivity index (χ2n) is 3.02. The normalized spacial score (nSPS) is 9.73. The van der Waals surface area contributed by atoms with Crippen LogP contribution in [-0.2, 0) is 6.54 Å². The maximum Gasteiger partial charge on any atom is 0.315 e. The van der Waals surface area contributed by atoms with Gasteiger partial charge in [-0.2, -0.15) is 0 Å². The van der Waals surface area contributed by atoms with Crippen LogP contribution in [0, 0.1) is 5.82 Å². The summed E-state index contributed by atoms with van der Waals surface area (Å²) in [6.45, 7) is 1.22. The lowest BCUT2D eigenvalue weighted by molar-refractivity contribution is 0.241. The van der Waals surface area contributed by atoms with E-state index in [2.05, 4.69) is 10.6 Å². The molecule has 2 amide bonds. The van der Waals surface area contributed by atoms with Crippen LogP contribution in [0.3, 0.4) is 0 Å². The maximum atomic E-state index is 12.5. The Labute approximate surface area is 87.7 Å². The molecule has 0 aliphatic carbocycles. The zero-order valence-corrected chi connectivity index (χ0v) is 8.29. The van der Waals surface area contributed by atoms with Crippen molar-refractivity contribution in [2.75, 3.05) is 13.1 Å². The molecule has 0 saturated carbocycles. The minimum absolute atomic E-state index is 0.273. The number of amides is 2. The van der Waals surface area contributed by atoms with Crippen LogP contribution in [0.25, 0.3) is 0 Å². The highest BCUT2D eigenvalue weighted by atomic mass is 19.1. The molecule has 0 bridgehead atoms. The van der Waals surface area contributed by atoms with Gasteiger partial charge in [0.25, 0.3) is 0 Å². The van der Waals surface area contributed by atoms with Crippen molar-refractivity contribution < 1.29 is 9.18 Å². The van der Waals surface area contributed by atoms with Crippen LogP contribution in [0.1, 0.15) is 5.56 Å². The molecule has 0 aromatic heterocycles. The molecule has 0 radical (unpaired) electrons. The van der Waals surface area contributed by atoms with E-state index < -0.39 is 0 Å². The summed E-state index contributed by atoms with van der Waals surface area (Å²) in [6.07, 6.45) is 0. The largest absolute Gasteiger partial charge is 0.337 e. The molecule has 0 atom stereocenters. The highest BCUT2D eigenvalue weighted by Crippen LogP contribution is 2.01. The van der Waals surface area contributed by atoms with Gasteiger partial charge in [-0.15, -0.1) is 0 Å². The van der Waals surface area contributed by atoms with Crippen LogP contribution in [0.2, 0.25) is 0 Å². The van der Waals surface area contributed by atoms with E-state index in [9.17, 15) is 9.18 Å². The summed E-state index contributed by atoms with van der Waals surface area (Å²) in [5.41, 5.74) is 6.06. The highest BCUT2D eigenvalue weighted by molar-refractivity contribution is 5.73. The lowest BCUT2D eigenvalue weighted by Crippen LogP contribution is -2.37. The number of nitrogens with two attached hydrogens (primary N) is 1. The average molecular weight is 211 g/mol. The first kappa shape index (κ1) is 11.5. The van der Waals surface area contributed by atoms with Crippen LogP contribution in [0.15, 0.2) is 24.3 Å². The Morgan fingerprint density at radius 1 is 1.27 bits per heavy atom. The fraction of sp³-hybridized carbons (Fsp3) is 0.300. The maximum absolute atomic E-state index is 12.5. The third-order valence-corrected chi connectivity index (χ3v) is 1.80. The highest BCUT2D eigenvalue weighted by Gasteiger charge is 1.98. The first-order chi connectivity index (χ1) is 7.22. The third-order valence-electron chi connectivity index (χ3n) is 1.80. The Hall–Kier alpha value is -1.62. The molecule has 1 rings (SSSR count). The van der Waals surface area contributed by atoms with Crippen molar-refractivity contribution in [3.63, 3.8) is 0 Å². The molecule has 4 nitrogen and oxygen atoms in total. The first-order valence-corrected chi connectivity index (χ1v) is 4.68. The van der Waals surface area contributed by atoms with Crippen LogP contribution in [0.5, 0.6) is 0 Å². The van der Waals surface area contributed by atoms with Crippen molar-refractivity contribution in [1.82, 2.24) is 10.6 Å². The smallest absolute Gasteiger partial charge is 0.315 e. The minimum Gasteiger partial charge on any atom is -0.337 e. The van der Waals surface area contributed by atoms with E-state index in [-0.39, 0.29) is 11.8 Å². The molecule has 0 aliphatic rings. The molecule has 82 valence electrons. The van der Waals surface area contributed by atoms with Gasteiger partial charge < -0.3 is 16.4 Å². The Bertz CT molecular complexity index is 313. The van der Waals surface area contributed by atoms with Crippen LogP contribution < -0.4 is 16.4 Å². The number of carbonyl (C=O) groups excluding carboxylic acids is 1. The second kappa shape index (κ2) is 5.98. The van der Waals surface area contributed by atoms with E-state index in [0.29, 0.717) is 19.6 Å². The quantitative estimate of drug-likeness (QED) is 0.682. The lowest BCUT2D eigenvalue weighted by Gasteiger charge is -2.06. The molecule has 0 heterocycles. The molecule has 15 heavy (non-hydrogen) atoms. The van der Waals surface area contributed by atoms with Gasteiger partial charge in [0, 0.05) is 19.6 Å². The van der Waals surface area contributed by atoms with Crippen LogP contribution in [0.4, 0.5) is 9.18 Å². The SMILES string of the molecule is NCCNC(=O)NCc1ccc(F)cc1. The molecule has 0 fully saturated rings. The van der Waals surface area contributed by atoms with Crippen LogP contribution in [-0.4, -0.2) is 19.1 Å². The molecule has 0 spiro atoms. The number of nitrogens with one attached hydrogen (secondary N) is 2. The Morgan fingerprint density at radius 3 is 2.53 bits per heavy atom. The summed E-state index contributed by atoms with van der Waals surface area (Å²) in [6, 6.07) is 5.69. The van der Waals surface area contributed by atoms with E-state index in [1.54, 1.807) is 12.1 Å². The van der Waals surface area contributed by atoms with E-state index in [0.717, 1.165) is 5.56 Å². The van der Waals surface area contributed by atoms with Crippen molar-refractivity contribution >= 4 is 6.03 Å². The molecule has 4 N–H and O–H groups in total. The number of benzene rings is 1. The molecule has 5 heteroatoms. The Kier molecular flexibility index (Phi) is 4.56. The van der Waals surface area contributed by atoms with E-state index in [4.69, 9.17) is 5.73 Å². The number of urea groups is 1. The average Bonchev–Trinajstić information content (AvgIpc) is 2.25. The van der Waals surface area contributed by atoms with E-state index >= 15 is 0 Å². The minimum atomic E-state index is -0.286. The van der Waals surface area contributed by atoms with Gasteiger partial charge in [0.05, 0.1) is 0 Å². The topological polar surface area (TPSA) is 67.1 Å². The molecule has 0 saturated heterocycles. The molecule has 0 aliphatic heterocycles. The predicted molar refractivity (Wildman–Crippen MR) is 55.7 cm³/mol. The van der Waals surface area contributed by atoms with Gasteiger partial charge in [0.2, 0.25) is 0 Å². The predicted octanol–water partition coefficient (Wildman–Crippen LogP) is 0.584. The number of hydrogen-bond acceptors (Lipinski definition) is 2. The summed E-state index contributed by atoms with van der Waals surface area (Å²) in [5.74, 6) is -0.286. The number of halogens is 1. The van der Waals surface area contributed by atoms with Gasteiger partial charge in [-0.25, -0.2) is 9.18 Å². The summed E-state index contributed by atoms with van der Waals surface area (Å²) in [4.78, 5) is 11.1. The molecule has 0 unspecified atom stereocenters. The zero-order valence-electron chi connectivity index (χ0n) is 8.29. The number of carbonyl (C=O) groups is 1. The summed E-state index contributed by atoms with van der Waals surface area (Å²) >= 11 is 0. The molecule has 1 aromatic carbocycles. The van der Waals surface area contributed by atoms with Crippen molar-refractivity contribution in [1.29, 1.82) is 0 Å². The summed E-state index contributed by atoms with van der Waals surface area (Å²) < 4.78 is 12.5. The fourth-order valence-electron chi connectivity index (χ4n) is 1.03. The Balaban J connectivity index is 2.30. The van der Waals surface area contributed by atoms with E-state index in [1.807, 2.05) is 0 Å². The van der Waals surface area contributed by atoms with Crippen molar-refractivity contribution in [3.8, 4) is 0 Å². The molecule has 1 aromatic rings. The summed E-state index contributed by atoms with van der Waals surface area (Å²) in [5, 5.41) is 5.19. The van der Waals surface area contributed by atoms with Crippen molar-refractivity contribution in [3.05, 3.63) is 35.6 Å². The van der Waals surface area contributed by atoms with Gasteiger partial charge in [0.1, 0.15) is 5.82 Å². The van der Waals surface area contributed by atoms with Crippen LogP contribution >= 0.6 is 0 Å². The molecular formula is C10H14FN3O. The zero-order chi connectivity index (χ0) is 11.1. The Morgan fingerprint density at radius 2 is 1.93 bits per heavy atom. The van der Waals surface area contributed by atoms with Crippen molar-refractivity contribution in [2.45, 2.75) is 6.54 Å². The standard InChI is InChI=1S/C10H14FN3O/c11-9-3-1-8(2-4-9)7-14-10(15)13-6-5-12/h1-4H,5-7,12H2,(H2,13,14,15). The number of rotatable bonds is 4. The van der Waals surface area contributed by atoms with Gasteiger partial charge in [-0.1, -0.05) is 12.1 Å².